The zero-order chi connectivity index (χ0) is 22.1. The van der Waals surface area contributed by atoms with Gasteiger partial charge in [-0.2, -0.15) is 36.4 Å². The van der Waals surface area contributed by atoms with Crippen LogP contribution >= 0.6 is 0 Å². The van der Waals surface area contributed by atoms with Gasteiger partial charge in [-0.15, -0.1) is 12.3 Å². The summed E-state index contributed by atoms with van der Waals surface area (Å²) < 4.78 is 83.0. The molecule has 0 bridgehead atoms. The van der Waals surface area contributed by atoms with E-state index in [2.05, 4.69) is 21.0 Å². The highest BCUT2D eigenvalue weighted by molar-refractivity contribution is 5.56. The van der Waals surface area contributed by atoms with E-state index in [0.717, 1.165) is 16.8 Å². The Morgan fingerprint density at radius 2 is 1.67 bits per heavy atom. The van der Waals surface area contributed by atoms with Gasteiger partial charge in [0.1, 0.15) is 0 Å². The van der Waals surface area contributed by atoms with Crippen molar-refractivity contribution in [3.05, 3.63) is 53.3 Å². The Balaban J connectivity index is 1.98. The normalized spacial score (nSPS) is 11.9. The Hall–Kier alpha value is -3.55. The Kier molecular flexibility index (Phi) is 5.43. The predicted octanol–water partition coefficient (Wildman–Crippen LogP) is 4.88. The third-order valence-corrected chi connectivity index (χ3v) is 3.85. The highest BCUT2D eigenvalue weighted by Crippen LogP contribution is 2.33. The molecule has 0 N–H and O–H groups in total. The molecule has 0 spiro atoms. The van der Waals surface area contributed by atoms with Crippen molar-refractivity contribution in [3.8, 4) is 35.5 Å². The van der Waals surface area contributed by atoms with E-state index < -0.39 is 23.6 Å². The number of rotatable bonds is 4. The zero-order valence-corrected chi connectivity index (χ0v) is 15.2. The number of hydrogen-bond acceptors (Lipinski definition) is 4. The van der Waals surface area contributed by atoms with E-state index in [1.807, 2.05) is 0 Å². The van der Waals surface area contributed by atoms with Crippen LogP contribution in [0.5, 0.6) is 11.8 Å². The smallest absolute Gasteiger partial charge is 0.421 e. The highest BCUT2D eigenvalue weighted by atomic mass is 19.4. The molecule has 0 unspecified atom stereocenters. The summed E-state index contributed by atoms with van der Waals surface area (Å²) in [5.41, 5.74) is -1.46. The Labute approximate surface area is 166 Å². The van der Waals surface area contributed by atoms with Gasteiger partial charge in [0.15, 0.2) is 11.5 Å². The van der Waals surface area contributed by atoms with E-state index in [1.165, 1.54) is 25.2 Å². The summed E-state index contributed by atoms with van der Waals surface area (Å²) in [5.74, 6) is 1.98. The monoisotopic (exact) mass is 426 g/mol. The molecular formula is C19H12F6N4O. The van der Waals surface area contributed by atoms with E-state index in [-0.39, 0.29) is 29.6 Å². The largest absolute Gasteiger partial charge is 0.435 e. The maximum Gasteiger partial charge on any atom is 0.435 e. The first-order chi connectivity index (χ1) is 14.0. The number of benzene rings is 1. The molecule has 0 aliphatic rings. The van der Waals surface area contributed by atoms with E-state index in [1.54, 1.807) is 0 Å². The maximum atomic E-state index is 12.8. The SMILES string of the molecule is C#CCc1cc(Oc2cc(C(F)(F)F)nn2C)nc(-c2ccc(C(F)(F)F)cc2)n1. The van der Waals surface area contributed by atoms with Gasteiger partial charge in [0.05, 0.1) is 17.7 Å². The molecule has 156 valence electrons. The van der Waals surface area contributed by atoms with Crippen LogP contribution in [-0.4, -0.2) is 19.7 Å². The van der Waals surface area contributed by atoms with Gasteiger partial charge in [-0.3, -0.25) is 0 Å². The molecule has 0 aliphatic carbocycles. The molecule has 2 aromatic heterocycles. The maximum absolute atomic E-state index is 12.8. The zero-order valence-electron chi connectivity index (χ0n) is 15.2. The number of halogens is 6. The van der Waals surface area contributed by atoms with Gasteiger partial charge in [0.2, 0.25) is 11.8 Å². The van der Waals surface area contributed by atoms with E-state index >= 15 is 0 Å². The molecule has 0 amide bonds. The van der Waals surface area contributed by atoms with Crippen molar-refractivity contribution >= 4 is 0 Å². The second-order valence-electron chi connectivity index (χ2n) is 6.07. The van der Waals surface area contributed by atoms with Crippen molar-refractivity contribution in [1.82, 2.24) is 19.7 Å². The van der Waals surface area contributed by atoms with Gasteiger partial charge in [-0.05, 0) is 12.1 Å². The fraction of sp³-hybridized carbons (Fsp3) is 0.211. The number of ether oxygens (including phenoxy) is 1. The van der Waals surface area contributed by atoms with Crippen molar-refractivity contribution in [2.75, 3.05) is 0 Å². The summed E-state index contributed by atoms with van der Waals surface area (Å²) in [5, 5.41) is 3.33. The molecule has 11 heteroatoms. The lowest BCUT2D eigenvalue weighted by molar-refractivity contribution is -0.141. The Morgan fingerprint density at radius 1 is 1.00 bits per heavy atom. The molecule has 0 saturated carbocycles. The summed E-state index contributed by atoms with van der Waals surface area (Å²) in [6, 6.07) is 6.10. The lowest BCUT2D eigenvalue weighted by Gasteiger charge is -2.10. The van der Waals surface area contributed by atoms with Crippen LogP contribution in [0.3, 0.4) is 0 Å². The summed E-state index contributed by atoms with van der Waals surface area (Å²) >= 11 is 0. The minimum Gasteiger partial charge on any atom is -0.421 e. The first-order valence-corrected chi connectivity index (χ1v) is 8.25. The van der Waals surface area contributed by atoms with Crippen LogP contribution in [0, 0.1) is 12.3 Å². The molecule has 5 nitrogen and oxygen atoms in total. The number of terminal acetylenes is 1. The number of alkyl halides is 6. The van der Waals surface area contributed by atoms with Crippen LogP contribution < -0.4 is 4.74 Å². The first kappa shape index (κ1) is 21.2. The van der Waals surface area contributed by atoms with Gasteiger partial charge in [-0.1, -0.05) is 12.1 Å². The van der Waals surface area contributed by atoms with Crippen molar-refractivity contribution in [1.29, 1.82) is 0 Å². The topological polar surface area (TPSA) is 52.8 Å². The second kappa shape index (κ2) is 7.70. The van der Waals surface area contributed by atoms with Crippen LogP contribution in [0.25, 0.3) is 11.4 Å². The molecule has 0 aliphatic heterocycles. The van der Waals surface area contributed by atoms with Crippen LogP contribution in [0.15, 0.2) is 36.4 Å². The van der Waals surface area contributed by atoms with E-state index in [9.17, 15) is 26.3 Å². The number of nitrogens with zero attached hydrogens (tertiary/aromatic N) is 4. The molecule has 0 atom stereocenters. The average Bonchev–Trinajstić information content (AvgIpc) is 3.02. The molecule has 1 aromatic carbocycles. The molecule has 0 fully saturated rings. The summed E-state index contributed by atoms with van der Waals surface area (Å²) in [6.45, 7) is 0. The summed E-state index contributed by atoms with van der Waals surface area (Å²) in [7, 11) is 1.25. The number of aromatic nitrogens is 4. The standard InChI is InChI=1S/C19H12F6N4O/c1-3-4-13-9-15(30-16-10-14(19(23,24)25)28-29(16)2)27-17(26-13)11-5-7-12(8-6-11)18(20,21)22/h1,5-10H,4H2,2H3. The summed E-state index contributed by atoms with van der Waals surface area (Å²) in [4.78, 5) is 8.26. The fourth-order valence-corrected chi connectivity index (χ4v) is 2.45. The minimum atomic E-state index is -4.66. The fourth-order valence-electron chi connectivity index (χ4n) is 2.45. The molecule has 3 rings (SSSR count). The van der Waals surface area contributed by atoms with Crippen molar-refractivity contribution in [2.45, 2.75) is 18.8 Å². The van der Waals surface area contributed by atoms with E-state index in [4.69, 9.17) is 11.2 Å². The van der Waals surface area contributed by atoms with Crippen molar-refractivity contribution < 1.29 is 31.1 Å². The van der Waals surface area contributed by atoms with Gasteiger partial charge in [0, 0.05) is 24.7 Å². The van der Waals surface area contributed by atoms with Gasteiger partial charge in [0.25, 0.3) is 0 Å². The van der Waals surface area contributed by atoms with Crippen LogP contribution in [0.2, 0.25) is 0 Å². The minimum absolute atomic E-state index is 0.00434. The van der Waals surface area contributed by atoms with E-state index in [0.29, 0.717) is 11.8 Å². The molecular weight excluding hydrogens is 414 g/mol. The number of hydrogen-bond donors (Lipinski definition) is 0. The molecule has 30 heavy (non-hydrogen) atoms. The number of aryl methyl sites for hydroxylation is 1. The van der Waals surface area contributed by atoms with Crippen molar-refractivity contribution in [3.63, 3.8) is 0 Å². The molecule has 0 saturated heterocycles. The van der Waals surface area contributed by atoms with Crippen LogP contribution in [0.1, 0.15) is 17.0 Å². The van der Waals surface area contributed by atoms with Gasteiger partial charge in [-0.25, -0.2) is 9.67 Å². The lowest BCUT2D eigenvalue weighted by Crippen LogP contribution is -2.06. The first-order valence-electron chi connectivity index (χ1n) is 8.25. The third kappa shape index (κ3) is 4.71. The van der Waals surface area contributed by atoms with Crippen LogP contribution in [-0.2, 0) is 25.8 Å². The Bertz CT molecular complexity index is 1090. The summed E-state index contributed by atoms with van der Waals surface area (Å²) in [6.07, 6.45) is -3.84. The molecule has 3 aromatic rings. The van der Waals surface area contributed by atoms with Gasteiger partial charge >= 0.3 is 12.4 Å². The second-order valence-corrected chi connectivity index (χ2v) is 6.07. The predicted molar refractivity (Wildman–Crippen MR) is 93.3 cm³/mol. The molecule has 2 heterocycles. The average molecular weight is 426 g/mol. The van der Waals surface area contributed by atoms with Gasteiger partial charge < -0.3 is 4.74 Å². The van der Waals surface area contributed by atoms with Crippen LogP contribution in [0.4, 0.5) is 26.3 Å². The third-order valence-electron chi connectivity index (χ3n) is 3.85. The quantitative estimate of drug-likeness (QED) is 0.441. The Morgan fingerprint density at radius 3 is 2.20 bits per heavy atom. The van der Waals surface area contributed by atoms with Crippen molar-refractivity contribution in [2.24, 2.45) is 7.05 Å². The highest BCUT2D eigenvalue weighted by Gasteiger charge is 2.35. The lowest BCUT2D eigenvalue weighted by atomic mass is 10.1. The molecule has 0 radical (unpaired) electrons.